The quantitative estimate of drug-likeness (QED) is 0.162. The van der Waals surface area contributed by atoms with Crippen molar-refractivity contribution in [3.05, 3.63) is 224 Å². The minimum Gasteiger partial charge on any atom is -0.455 e. The summed E-state index contributed by atoms with van der Waals surface area (Å²) in [4.78, 5) is 5.24. The Morgan fingerprint density at radius 3 is 1.45 bits per heavy atom. The van der Waals surface area contributed by atoms with Crippen molar-refractivity contribution in [1.29, 1.82) is 0 Å². The number of rotatable bonds is 5. The first kappa shape index (κ1) is 35.8. The van der Waals surface area contributed by atoms with Crippen LogP contribution in [0.5, 0.6) is 0 Å². The fraction of sp³-hybridized carbons (Fsp3) is 0. The number of hydrogen-bond acceptors (Lipinski definition) is 2. The molecule has 0 aliphatic carbocycles. The van der Waals surface area contributed by atoms with Gasteiger partial charge in [0.2, 0.25) is 0 Å². The molecule has 4 aromatic heterocycles. The van der Waals surface area contributed by atoms with E-state index in [4.69, 9.17) is 9.40 Å². The number of furan rings is 1. The summed E-state index contributed by atoms with van der Waals surface area (Å²) in [5.41, 5.74) is 16.6. The third-order valence-electron chi connectivity index (χ3n) is 13.5. The van der Waals surface area contributed by atoms with Gasteiger partial charge in [0, 0.05) is 65.4 Å². The fourth-order valence-electron chi connectivity index (χ4n) is 10.5. The predicted octanol–water partition coefficient (Wildman–Crippen LogP) is 16.5. The van der Waals surface area contributed by atoms with E-state index in [-0.39, 0.29) is 0 Å². The summed E-state index contributed by atoms with van der Waals surface area (Å²) in [5.74, 6) is 0. The molecule has 302 valence electrons. The maximum atomic E-state index is 6.56. The second kappa shape index (κ2) is 13.9. The van der Waals surface area contributed by atoms with E-state index in [0.29, 0.717) is 0 Å². The van der Waals surface area contributed by atoms with Gasteiger partial charge in [0.15, 0.2) is 0 Å². The predicted molar refractivity (Wildman–Crippen MR) is 272 cm³/mol. The first-order valence-electron chi connectivity index (χ1n) is 22.2. The van der Waals surface area contributed by atoms with Gasteiger partial charge in [-0.05, 0) is 101 Å². The highest BCUT2D eigenvalue weighted by atomic mass is 16.3. The lowest BCUT2D eigenvalue weighted by Crippen LogP contribution is -1.94. The van der Waals surface area contributed by atoms with Crippen molar-refractivity contribution in [2.45, 2.75) is 0 Å². The van der Waals surface area contributed by atoms with Gasteiger partial charge in [-0.1, -0.05) is 146 Å². The van der Waals surface area contributed by atoms with E-state index in [2.05, 4.69) is 221 Å². The molecule has 0 atom stereocenters. The SMILES string of the molecule is c1ccc(-n2c3ccccc3c3cc(-c4ccc5c(c4)c4ccccc4n5-c4ccc(-c5ccc(-c6nc7ccccc7c7c6ccc6c8ccccc8oc67)cc5)cc4)ccc32)cc1. The highest BCUT2D eigenvalue weighted by molar-refractivity contribution is 6.24. The Morgan fingerprint density at radius 2 is 0.785 bits per heavy atom. The van der Waals surface area contributed by atoms with Crippen LogP contribution in [0, 0.1) is 0 Å². The normalized spacial score (nSPS) is 12.0. The number of pyridine rings is 1. The van der Waals surface area contributed by atoms with Crippen LogP contribution in [0.1, 0.15) is 0 Å². The van der Waals surface area contributed by atoms with Crippen molar-refractivity contribution in [2.75, 3.05) is 0 Å². The Morgan fingerprint density at radius 1 is 0.308 bits per heavy atom. The van der Waals surface area contributed by atoms with Crippen molar-refractivity contribution in [3.63, 3.8) is 0 Å². The first-order chi connectivity index (χ1) is 32.2. The zero-order valence-corrected chi connectivity index (χ0v) is 35.1. The molecular weight excluding hydrogens is 791 g/mol. The van der Waals surface area contributed by atoms with Crippen LogP contribution in [0.4, 0.5) is 0 Å². The van der Waals surface area contributed by atoms with Crippen molar-refractivity contribution in [3.8, 4) is 44.9 Å². The molecule has 4 heterocycles. The molecule has 14 rings (SSSR count). The molecule has 0 unspecified atom stereocenters. The summed E-state index contributed by atoms with van der Waals surface area (Å²) in [6, 6.07) is 80.8. The Bertz CT molecular complexity index is 4210. The second-order valence-electron chi connectivity index (χ2n) is 17.1. The van der Waals surface area contributed by atoms with Crippen LogP contribution in [-0.4, -0.2) is 14.1 Å². The maximum absolute atomic E-state index is 6.56. The van der Waals surface area contributed by atoms with E-state index in [9.17, 15) is 0 Å². The van der Waals surface area contributed by atoms with Crippen LogP contribution in [-0.2, 0) is 0 Å². The largest absolute Gasteiger partial charge is 0.455 e. The van der Waals surface area contributed by atoms with Crippen LogP contribution in [0.3, 0.4) is 0 Å². The molecule has 0 N–H and O–H groups in total. The van der Waals surface area contributed by atoms with Gasteiger partial charge in [0.05, 0.1) is 33.3 Å². The molecule has 65 heavy (non-hydrogen) atoms. The molecule has 0 aliphatic heterocycles. The Hall–Kier alpha value is -8.73. The van der Waals surface area contributed by atoms with Crippen molar-refractivity contribution >= 4 is 87.2 Å². The highest BCUT2D eigenvalue weighted by Gasteiger charge is 2.19. The van der Waals surface area contributed by atoms with Crippen molar-refractivity contribution < 1.29 is 4.42 Å². The van der Waals surface area contributed by atoms with Gasteiger partial charge in [0.25, 0.3) is 0 Å². The fourth-order valence-corrected chi connectivity index (χ4v) is 10.5. The van der Waals surface area contributed by atoms with Gasteiger partial charge in [-0.15, -0.1) is 0 Å². The van der Waals surface area contributed by atoms with E-state index >= 15 is 0 Å². The van der Waals surface area contributed by atoms with Crippen LogP contribution >= 0.6 is 0 Å². The molecule has 4 heteroatoms. The van der Waals surface area contributed by atoms with Crippen molar-refractivity contribution in [2.24, 2.45) is 0 Å². The summed E-state index contributed by atoms with van der Waals surface area (Å²) in [5, 5.41) is 10.5. The first-order valence-corrected chi connectivity index (χ1v) is 22.2. The standard InChI is InChI=1S/C61H37N3O/c1-2-12-43(13-3-1)63-54-19-9-5-14-45(54)51-36-41(28-34-56(51)63)42-29-35-57-52(37-42)46-15-6-10-20-55(46)64(57)44-30-26-39(27-31-44)38-22-24-40(25-23-38)60-50-33-32-48-47-16-7-11-21-58(47)65-61(48)59(50)49-17-4-8-18-53(49)62-60/h1-37H. The lowest BCUT2D eigenvalue weighted by molar-refractivity contribution is 0.673. The van der Waals surface area contributed by atoms with Gasteiger partial charge >= 0.3 is 0 Å². The van der Waals surface area contributed by atoms with E-state index in [1.165, 1.54) is 60.4 Å². The number of aromatic nitrogens is 3. The third kappa shape index (κ3) is 5.41. The summed E-state index contributed by atoms with van der Waals surface area (Å²) in [6.45, 7) is 0. The zero-order chi connectivity index (χ0) is 42.6. The smallest absolute Gasteiger partial charge is 0.144 e. The topological polar surface area (TPSA) is 35.9 Å². The second-order valence-corrected chi connectivity index (χ2v) is 17.1. The zero-order valence-electron chi connectivity index (χ0n) is 35.1. The molecule has 0 amide bonds. The molecule has 0 saturated heterocycles. The molecule has 4 nitrogen and oxygen atoms in total. The number of hydrogen-bond donors (Lipinski definition) is 0. The molecule has 0 aliphatic rings. The lowest BCUT2D eigenvalue weighted by atomic mass is 9.96. The number of para-hydroxylation sites is 5. The van der Waals surface area contributed by atoms with E-state index in [0.717, 1.165) is 71.7 Å². The third-order valence-corrected chi connectivity index (χ3v) is 13.5. The summed E-state index contributed by atoms with van der Waals surface area (Å²) in [7, 11) is 0. The van der Waals surface area contributed by atoms with Gasteiger partial charge in [-0.2, -0.15) is 0 Å². The molecule has 0 bridgehead atoms. The van der Waals surface area contributed by atoms with E-state index in [1.54, 1.807) is 0 Å². The minimum atomic E-state index is 0.897. The minimum absolute atomic E-state index is 0.897. The van der Waals surface area contributed by atoms with E-state index in [1.807, 2.05) is 12.1 Å². The molecule has 0 fully saturated rings. The summed E-state index contributed by atoms with van der Waals surface area (Å²) < 4.78 is 11.3. The number of benzene rings is 10. The van der Waals surface area contributed by atoms with Crippen LogP contribution < -0.4 is 0 Å². The lowest BCUT2D eigenvalue weighted by Gasteiger charge is -2.12. The van der Waals surface area contributed by atoms with Crippen LogP contribution in [0.15, 0.2) is 229 Å². The molecule has 0 spiro atoms. The van der Waals surface area contributed by atoms with Gasteiger partial charge in [-0.25, -0.2) is 4.98 Å². The van der Waals surface area contributed by atoms with Gasteiger partial charge in [0.1, 0.15) is 11.2 Å². The average Bonchev–Trinajstić information content (AvgIpc) is 4.04. The number of nitrogens with zero attached hydrogens (tertiary/aromatic N) is 3. The average molecular weight is 828 g/mol. The Kier molecular flexibility index (Phi) is 7.65. The van der Waals surface area contributed by atoms with Crippen molar-refractivity contribution in [1.82, 2.24) is 14.1 Å². The van der Waals surface area contributed by atoms with Gasteiger partial charge < -0.3 is 13.6 Å². The monoisotopic (exact) mass is 827 g/mol. The molecule has 14 aromatic rings. The van der Waals surface area contributed by atoms with E-state index < -0.39 is 0 Å². The molecule has 0 saturated carbocycles. The maximum Gasteiger partial charge on any atom is 0.144 e. The molecule has 10 aromatic carbocycles. The summed E-state index contributed by atoms with van der Waals surface area (Å²) >= 11 is 0. The highest BCUT2D eigenvalue weighted by Crippen LogP contribution is 2.42. The Labute approximate surface area is 373 Å². The van der Waals surface area contributed by atoms with Crippen LogP contribution in [0.25, 0.3) is 132 Å². The Balaban J connectivity index is 0.824. The number of fused-ring (bicyclic) bond motifs is 13. The summed E-state index contributed by atoms with van der Waals surface area (Å²) in [6.07, 6.45) is 0. The molecule has 0 radical (unpaired) electrons. The molecular formula is C61H37N3O. The van der Waals surface area contributed by atoms with Gasteiger partial charge in [-0.3, -0.25) is 0 Å². The van der Waals surface area contributed by atoms with Crippen LogP contribution in [0.2, 0.25) is 0 Å².